The maximum atomic E-state index is 12.1. The van der Waals surface area contributed by atoms with E-state index in [9.17, 15) is 9.59 Å². The van der Waals surface area contributed by atoms with Crippen molar-refractivity contribution in [2.45, 2.75) is 32.2 Å². The van der Waals surface area contributed by atoms with Crippen LogP contribution in [0.2, 0.25) is 0 Å². The zero-order valence-electron chi connectivity index (χ0n) is 11.0. The molecule has 0 saturated carbocycles. The second kappa shape index (κ2) is 5.84. The normalized spacial score (nSPS) is 14.7. The summed E-state index contributed by atoms with van der Waals surface area (Å²) in [5.74, 6) is -0.163. The minimum absolute atomic E-state index is 0.00510. The molecular weight excluding hydrogens is 242 g/mol. The molecule has 1 aromatic carbocycles. The predicted molar refractivity (Wildman–Crippen MR) is 74.0 cm³/mol. The predicted octanol–water partition coefficient (Wildman–Crippen LogP) is 1.04. The Kier molecular flexibility index (Phi) is 4.16. The molecule has 0 aliphatic carbocycles. The Bertz CT molecular complexity index is 499. The Morgan fingerprint density at radius 1 is 1.53 bits per heavy atom. The van der Waals surface area contributed by atoms with Crippen LogP contribution in [0.3, 0.4) is 0 Å². The van der Waals surface area contributed by atoms with Crippen LogP contribution in [0, 0.1) is 0 Å². The average Bonchev–Trinajstić information content (AvgIpc) is 2.76. The fourth-order valence-electron chi connectivity index (χ4n) is 2.24. The smallest absolute Gasteiger partial charge is 0.251 e. The summed E-state index contributed by atoms with van der Waals surface area (Å²) in [4.78, 5) is 23.4. The Labute approximate surface area is 112 Å². The molecule has 0 saturated heterocycles. The zero-order chi connectivity index (χ0) is 13.8. The molecule has 1 aliphatic rings. The van der Waals surface area contributed by atoms with Gasteiger partial charge in [0.1, 0.15) is 0 Å². The lowest BCUT2D eigenvalue weighted by Crippen LogP contribution is -2.40. The van der Waals surface area contributed by atoms with E-state index in [1.54, 1.807) is 18.2 Å². The number of carbonyl (C=O) groups is 2. The minimum Gasteiger partial charge on any atom is -0.348 e. The number of fused-ring (bicyclic) bond motifs is 1. The van der Waals surface area contributed by atoms with Crippen molar-refractivity contribution in [1.82, 2.24) is 5.32 Å². The van der Waals surface area contributed by atoms with Crippen molar-refractivity contribution in [2.75, 3.05) is 11.9 Å². The largest absolute Gasteiger partial charge is 0.348 e. The lowest BCUT2D eigenvalue weighted by Gasteiger charge is -2.16. The molecular formula is C14H19N3O2. The van der Waals surface area contributed by atoms with Gasteiger partial charge >= 0.3 is 0 Å². The van der Waals surface area contributed by atoms with Gasteiger partial charge in [-0.15, -0.1) is 0 Å². The first-order valence-corrected chi connectivity index (χ1v) is 6.57. The van der Waals surface area contributed by atoms with Crippen molar-refractivity contribution in [2.24, 2.45) is 5.73 Å². The first kappa shape index (κ1) is 13.5. The van der Waals surface area contributed by atoms with Gasteiger partial charge in [-0.2, -0.15) is 0 Å². The number of benzene rings is 1. The first-order valence-electron chi connectivity index (χ1n) is 6.57. The van der Waals surface area contributed by atoms with Crippen LogP contribution in [0.25, 0.3) is 0 Å². The minimum atomic E-state index is -0.133. The summed E-state index contributed by atoms with van der Waals surface area (Å²) >= 11 is 0. The maximum absolute atomic E-state index is 12.1. The van der Waals surface area contributed by atoms with Crippen LogP contribution in [0.15, 0.2) is 18.2 Å². The maximum Gasteiger partial charge on any atom is 0.251 e. The molecule has 0 radical (unpaired) electrons. The van der Waals surface area contributed by atoms with Gasteiger partial charge in [0.15, 0.2) is 0 Å². The SMILES string of the molecule is CCCC(CN)NC(=O)c1ccc2c(c1)CC(=O)N2. The average molecular weight is 261 g/mol. The van der Waals surface area contributed by atoms with Gasteiger partial charge in [0, 0.05) is 23.8 Å². The molecule has 0 fully saturated rings. The molecule has 1 heterocycles. The zero-order valence-corrected chi connectivity index (χ0v) is 11.0. The van der Waals surface area contributed by atoms with Gasteiger partial charge in [-0.3, -0.25) is 9.59 Å². The third-order valence-electron chi connectivity index (χ3n) is 3.25. The van der Waals surface area contributed by atoms with Crippen molar-refractivity contribution < 1.29 is 9.59 Å². The number of nitrogens with one attached hydrogen (secondary N) is 2. The quantitative estimate of drug-likeness (QED) is 0.740. The number of hydrogen-bond acceptors (Lipinski definition) is 3. The molecule has 19 heavy (non-hydrogen) atoms. The van der Waals surface area contributed by atoms with Crippen molar-refractivity contribution in [3.8, 4) is 0 Å². The van der Waals surface area contributed by atoms with E-state index in [4.69, 9.17) is 5.73 Å². The Morgan fingerprint density at radius 2 is 2.32 bits per heavy atom. The molecule has 2 amide bonds. The number of carbonyl (C=O) groups excluding carboxylic acids is 2. The van der Waals surface area contributed by atoms with Gasteiger partial charge in [0.05, 0.1) is 6.42 Å². The lowest BCUT2D eigenvalue weighted by molar-refractivity contribution is -0.115. The van der Waals surface area contributed by atoms with Gasteiger partial charge in [-0.05, 0) is 30.2 Å². The molecule has 0 spiro atoms. The van der Waals surface area contributed by atoms with E-state index in [0.29, 0.717) is 18.5 Å². The van der Waals surface area contributed by atoms with Gasteiger partial charge in [0.2, 0.25) is 5.91 Å². The van der Waals surface area contributed by atoms with Crippen LogP contribution in [-0.4, -0.2) is 24.4 Å². The van der Waals surface area contributed by atoms with Crippen LogP contribution in [0.4, 0.5) is 5.69 Å². The highest BCUT2D eigenvalue weighted by Crippen LogP contribution is 2.23. The van der Waals surface area contributed by atoms with Gasteiger partial charge in [-0.1, -0.05) is 13.3 Å². The van der Waals surface area contributed by atoms with E-state index in [2.05, 4.69) is 17.6 Å². The van der Waals surface area contributed by atoms with Crippen molar-refractivity contribution >= 4 is 17.5 Å². The van der Waals surface area contributed by atoms with Crippen LogP contribution >= 0.6 is 0 Å². The molecule has 0 aromatic heterocycles. The standard InChI is InChI=1S/C14H19N3O2/c1-2-3-11(8-15)16-14(19)9-4-5-12-10(6-9)7-13(18)17-12/h4-6,11H,2-3,7-8,15H2,1H3,(H,16,19)(H,17,18). The monoisotopic (exact) mass is 261 g/mol. The molecule has 1 aliphatic heterocycles. The highest BCUT2D eigenvalue weighted by molar-refractivity contribution is 6.01. The topological polar surface area (TPSA) is 84.2 Å². The van der Waals surface area contributed by atoms with E-state index in [1.807, 2.05) is 0 Å². The molecule has 5 nitrogen and oxygen atoms in total. The number of amides is 2. The number of hydrogen-bond donors (Lipinski definition) is 3. The van der Waals surface area contributed by atoms with Gasteiger partial charge < -0.3 is 16.4 Å². The summed E-state index contributed by atoms with van der Waals surface area (Å²) in [6.45, 7) is 2.49. The highest BCUT2D eigenvalue weighted by Gasteiger charge is 2.19. The summed E-state index contributed by atoms with van der Waals surface area (Å²) < 4.78 is 0. The van der Waals surface area contributed by atoms with E-state index in [1.165, 1.54) is 0 Å². The summed E-state index contributed by atoms with van der Waals surface area (Å²) in [6.07, 6.45) is 2.18. The van der Waals surface area contributed by atoms with Crippen LogP contribution in [-0.2, 0) is 11.2 Å². The Balaban J connectivity index is 2.08. The van der Waals surface area contributed by atoms with Crippen molar-refractivity contribution in [1.29, 1.82) is 0 Å². The Morgan fingerprint density at radius 3 is 3.00 bits per heavy atom. The van der Waals surface area contributed by atoms with Crippen LogP contribution < -0.4 is 16.4 Å². The van der Waals surface area contributed by atoms with E-state index in [-0.39, 0.29) is 17.9 Å². The second-order valence-corrected chi connectivity index (χ2v) is 4.79. The van der Waals surface area contributed by atoms with Crippen LogP contribution in [0.1, 0.15) is 35.7 Å². The number of nitrogens with two attached hydrogens (primary N) is 1. The molecule has 102 valence electrons. The van der Waals surface area contributed by atoms with Gasteiger partial charge in [0.25, 0.3) is 5.91 Å². The molecule has 1 atom stereocenters. The lowest BCUT2D eigenvalue weighted by atomic mass is 10.1. The first-order chi connectivity index (χ1) is 9.13. The van der Waals surface area contributed by atoms with Crippen molar-refractivity contribution in [3.05, 3.63) is 29.3 Å². The summed E-state index contributed by atoms with van der Waals surface area (Å²) in [5, 5.41) is 5.66. The third-order valence-corrected chi connectivity index (χ3v) is 3.25. The number of rotatable bonds is 5. The second-order valence-electron chi connectivity index (χ2n) is 4.79. The van der Waals surface area contributed by atoms with E-state index < -0.39 is 0 Å². The molecule has 5 heteroatoms. The summed E-state index contributed by atoms with van der Waals surface area (Å²) in [5.41, 5.74) is 7.87. The van der Waals surface area contributed by atoms with Crippen molar-refractivity contribution in [3.63, 3.8) is 0 Å². The fourth-order valence-corrected chi connectivity index (χ4v) is 2.24. The Hall–Kier alpha value is -1.88. The summed E-state index contributed by atoms with van der Waals surface area (Å²) in [7, 11) is 0. The van der Waals surface area contributed by atoms with Gasteiger partial charge in [-0.25, -0.2) is 0 Å². The molecule has 4 N–H and O–H groups in total. The molecule has 1 aromatic rings. The number of anilines is 1. The van der Waals surface area contributed by atoms with E-state index in [0.717, 1.165) is 24.1 Å². The molecule has 2 rings (SSSR count). The van der Waals surface area contributed by atoms with Crippen LogP contribution in [0.5, 0.6) is 0 Å². The highest BCUT2D eigenvalue weighted by atomic mass is 16.2. The molecule has 1 unspecified atom stereocenters. The molecule has 0 bridgehead atoms. The summed E-state index contributed by atoms with van der Waals surface area (Å²) in [6, 6.07) is 5.26. The fraction of sp³-hybridized carbons (Fsp3) is 0.429. The van der Waals surface area contributed by atoms with E-state index >= 15 is 0 Å². The third kappa shape index (κ3) is 3.12.